The van der Waals surface area contributed by atoms with Gasteiger partial charge in [-0.15, -0.1) is 0 Å². The minimum Gasteiger partial charge on any atom is -0.493 e. The van der Waals surface area contributed by atoms with E-state index < -0.39 is 6.04 Å². The third-order valence-corrected chi connectivity index (χ3v) is 6.32. The lowest BCUT2D eigenvalue weighted by molar-refractivity contribution is -0.123. The Hall–Kier alpha value is -3.38. The van der Waals surface area contributed by atoms with Crippen LogP contribution in [0.25, 0.3) is 10.8 Å². The molecule has 158 valence electrons. The number of anilines is 1. The molecule has 1 unspecified atom stereocenters. The van der Waals surface area contributed by atoms with E-state index in [9.17, 15) is 9.59 Å². The highest BCUT2D eigenvalue weighted by Gasteiger charge is 2.43. The summed E-state index contributed by atoms with van der Waals surface area (Å²) in [5.74, 6) is 1.09. The van der Waals surface area contributed by atoms with E-state index >= 15 is 0 Å². The Bertz CT molecular complexity index is 1180. The molecule has 6 heteroatoms. The predicted octanol–water partition coefficient (Wildman–Crippen LogP) is 3.55. The second-order valence-corrected chi connectivity index (χ2v) is 7.98. The number of fused-ring (bicyclic) bond motifs is 2. The molecule has 1 atom stereocenters. The molecule has 2 aliphatic rings. The first-order valence-electron chi connectivity index (χ1n) is 10.4. The third kappa shape index (κ3) is 3.24. The molecule has 6 nitrogen and oxygen atoms in total. The zero-order valence-corrected chi connectivity index (χ0v) is 17.6. The quantitative estimate of drug-likeness (QED) is 0.609. The molecule has 0 aromatic heterocycles. The van der Waals surface area contributed by atoms with Crippen LogP contribution in [0.3, 0.4) is 0 Å². The number of methoxy groups -OCH3 is 2. The SMILES string of the molecule is COc1cc2c(cc1OC)CN(C1CC(=O)N(c3cccc4ccccc34)C1=O)CC2. The van der Waals surface area contributed by atoms with Crippen molar-refractivity contribution in [1.29, 1.82) is 0 Å². The van der Waals surface area contributed by atoms with Gasteiger partial charge in [0.1, 0.15) is 0 Å². The molecule has 0 saturated carbocycles. The van der Waals surface area contributed by atoms with Gasteiger partial charge in [-0.2, -0.15) is 0 Å². The molecule has 3 aromatic carbocycles. The van der Waals surface area contributed by atoms with Crippen LogP contribution in [0, 0.1) is 0 Å². The highest BCUT2D eigenvalue weighted by molar-refractivity contribution is 6.25. The number of hydrogen-bond donors (Lipinski definition) is 0. The van der Waals surface area contributed by atoms with Crippen molar-refractivity contribution >= 4 is 28.3 Å². The molecule has 5 rings (SSSR count). The number of carbonyl (C=O) groups is 2. The highest BCUT2D eigenvalue weighted by atomic mass is 16.5. The topological polar surface area (TPSA) is 59.1 Å². The van der Waals surface area contributed by atoms with E-state index in [0.29, 0.717) is 23.7 Å². The van der Waals surface area contributed by atoms with E-state index in [1.807, 2.05) is 54.6 Å². The monoisotopic (exact) mass is 416 g/mol. The van der Waals surface area contributed by atoms with Gasteiger partial charge < -0.3 is 9.47 Å². The van der Waals surface area contributed by atoms with Gasteiger partial charge in [-0.1, -0.05) is 36.4 Å². The molecule has 31 heavy (non-hydrogen) atoms. The summed E-state index contributed by atoms with van der Waals surface area (Å²) in [6.45, 7) is 1.32. The fraction of sp³-hybridized carbons (Fsp3) is 0.280. The second-order valence-electron chi connectivity index (χ2n) is 7.98. The van der Waals surface area contributed by atoms with Crippen LogP contribution in [0.2, 0.25) is 0 Å². The van der Waals surface area contributed by atoms with Gasteiger partial charge in [0.25, 0.3) is 5.91 Å². The van der Waals surface area contributed by atoms with Gasteiger partial charge in [-0.25, -0.2) is 4.90 Å². The van der Waals surface area contributed by atoms with E-state index in [1.165, 1.54) is 10.5 Å². The Kier molecular flexibility index (Phi) is 4.87. The Morgan fingerprint density at radius 3 is 2.39 bits per heavy atom. The van der Waals surface area contributed by atoms with Gasteiger partial charge in [0.2, 0.25) is 5.91 Å². The lowest BCUT2D eigenvalue weighted by Gasteiger charge is -2.32. The van der Waals surface area contributed by atoms with E-state index in [4.69, 9.17) is 9.47 Å². The van der Waals surface area contributed by atoms with Crippen LogP contribution in [0.4, 0.5) is 5.69 Å². The number of carbonyl (C=O) groups excluding carboxylic acids is 2. The first-order chi connectivity index (χ1) is 15.1. The van der Waals surface area contributed by atoms with Crippen molar-refractivity contribution < 1.29 is 19.1 Å². The summed E-state index contributed by atoms with van der Waals surface area (Å²) >= 11 is 0. The Morgan fingerprint density at radius 1 is 0.903 bits per heavy atom. The maximum absolute atomic E-state index is 13.4. The Balaban J connectivity index is 1.44. The van der Waals surface area contributed by atoms with Gasteiger partial charge in [0.15, 0.2) is 11.5 Å². The molecular weight excluding hydrogens is 392 g/mol. The average molecular weight is 416 g/mol. The van der Waals surface area contributed by atoms with Crippen molar-refractivity contribution in [2.24, 2.45) is 0 Å². The van der Waals surface area contributed by atoms with Gasteiger partial charge in [0, 0.05) is 18.5 Å². The fourth-order valence-corrected chi connectivity index (χ4v) is 4.73. The molecule has 0 radical (unpaired) electrons. The molecule has 0 spiro atoms. The van der Waals surface area contributed by atoms with Gasteiger partial charge in [-0.05, 0) is 41.1 Å². The van der Waals surface area contributed by atoms with Crippen molar-refractivity contribution in [3.63, 3.8) is 0 Å². The van der Waals surface area contributed by atoms with E-state index in [1.54, 1.807) is 14.2 Å². The zero-order chi connectivity index (χ0) is 21.5. The second kappa shape index (κ2) is 7.71. The number of ether oxygens (including phenoxy) is 2. The van der Waals surface area contributed by atoms with Gasteiger partial charge in [0.05, 0.1) is 32.4 Å². The summed E-state index contributed by atoms with van der Waals surface area (Å²) in [6, 6.07) is 17.1. The van der Waals surface area contributed by atoms with Gasteiger partial charge in [-0.3, -0.25) is 14.5 Å². The van der Waals surface area contributed by atoms with E-state index in [0.717, 1.165) is 29.3 Å². The van der Waals surface area contributed by atoms with Crippen molar-refractivity contribution in [2.75, 3.05) is 25.7 Å². The van der Waals surface area contributed by atoms with Crippen molar-refractivity contribution in [1.82, 2.24) is 4.90 Å². The van der Waals surface area contributed by atoms with E-state index in [-0.39, 0.29) is 18.2 Å². The summed E-state index contributed by atoms with van der Waals surface area (Å²) < 4.78 is 10.9. The molecule has 2 aliphatic heterocycles. The molecule has 3 aromatic rings. The van der Waals surface area contributed by atoms with E-state index in [2.05, 4.69) is 4.90 Å². The normalized spacial score (nSPS) is 19.0. The zero-order valence-electron chi connectivity index (χ0n) is 17.6. The first kappa shape index (κ1) is 19.6. The van der Waals surface area contributed by atoms with Crippen LogP contribution in [-0.2, 0) is 22.6 Å². The summed E-state index contributed by atoms with van der Waals surface area (Å²) in [5.41, 5.74) is 2.96. The van der Waals surface area contributed by atoms with Crippen LogP contribution in [0.15, 0.2) is 54.6 Å². The largest absolute Gasteiger partial charge is 0.493 e. The summed E-state index contributed by atoms with van der Waals surface area (Å²) in [4.78, 5) is 29.8. The van der Waals surface area contributed by atoms with Crippen LogP contribution >= 0.6 is 0 Å². The molecule has 0 bridgehead atoms. The molecule has 2 heterocycles. The summed E-state index contributed by atoms with van der Waals surface area (Å²) in [6.07, 6.45) is 0.993. The summed E-state index contributed by atoms with van der Waals surface area (Å²) in [5, 5.41) is 1.92. The lowest BCUT2D eigenvalue weighted by atomic mass is 9.97. The molecule has 1 saturated heterocycles. The number of rotatable bonds is 4. The minimum atomic E-state index is -0.451. The van der Waals surface area contributed by atoms with Crippen molar-refractivity contribution in [2.45, 2.75) is 25.4 Å². The highest BCUT2D eigenvalue weighted by Crippen LogP contribution is 2.36. The van der Waals surface area contributed by atoms with Crippen LogP contribution in [0.1, 0.15) is 17.5 Å². The molecular formula is C25H24N2O4. The maximum Gasteiger partial charge on any atom is 0.251 e. The fourth-order valence-electron chi connectivity index (χ4n) is 4.73. The molecule has 0 aliphatic carbocycles. The summed E-state index contributed by atoms with van der Waals surface area (Å²) in [7, 11) is 3.25. The third-order valence-electron chi connectivity index (χ3n) is 6.32. The first-order valence-corrected chi connectivity index (χ1v) is 10.4. The molecule has 0 N–H and O–H groups in total. The predicted molar refractivity (Wildman–Crippen MR) is 119 cm³/mol. The maximum atomic E-state index is 13.4. The minimum absolute atomic E-state index is 0.148. The van der Waals surface area contributed by atoms with Crippen LogP contribution in [0.5, 0.6) is 11.5 Å². The van der Waals surface area contributed by atoms with Crippen LogP contribution < -0.4 is 14.4 Å². The number of nitrogens with zero attached hydrogens (tertiary/aromatic N) is 2. The van der Waals surface area contributed by atoms with Crippen LogP contribution in [-0.4, -0.2) is 43.5 Å². The number of benzene rings is 3. The van der Waals surface area contributed by atoms with Crippen molar-refractivity contribution in [3.8, 4) is 11.5 Å². The Labute approximate surface area is 181 Å². The van der Waals surface area contributed by atoms with Crippen molar-refractivity contribution in [3.05, 3.63) is 65.7 Å². The van der Waals surface area contributed by atoms with Gasteiger partial charge >= 0.3 is 0 Å². The smallest absolute Gasteiger partial charge is 0.251 e. The number of imide groups is 1. The average Bonchev–Trinajstić information content (AvgIpc) is 3.10. The standard InChI is InChI=1S/C25H24N2O4/c1-30-22-12-17-10-11-26(15-18(17)13-23(22)31-2)21-14-24(28)27(25(21)29)20-9-5-7-16-6-3-4-8-19(16)20/h3-9,12-13,21H,10-11,14-15H2,1-2H3. The lowest BCUT2D eigenvalue weighted by Crippen LogP contribution is -2.44. The molecule has 2 amide bonds. The Morgan fingerprint density at radius 2 is 1.61 bits per heavy atom. The molecule has 1 fully saturated rings. The number of amides is 2. The number of hydrogen-bond acceptors (Lipinski definition) is 5.